The molecule has 13 nitrogen and oxygen atoms in total. The second-order valence-corrected chi connectivity index (χ2v) is 8.24. The zero-order chi connectivity index (χ0) is 26.8. The predicted molar refractivity (Wildman–Crippen MR) is 134 cm³/mol. The van der Waals surface area contributed by atoms with Gasteiger partial charge in [-0.1, -0.05) is 36.4 Å². The van der Waals surface area contributed by atoms with Gasteiger partial charge in [0.25, 0.3) is 0 Å². The van der Waals surface area contributed by atoms with Crippen LogP contribution in [-0.2, 0) is 9.47 Å². The van der Waals surface area contributed by atoms with Gasteiger partial charge in [0, 0.05) is 0 Å². The topological polar surface area (TPSA) is 209 Å². The Labute approximate surface area is 212 Å². The molecular weight excluding hydrogens is 488 g/mol. The standard InChI is InChI=1S/C24H32N4O9/c29-12-17(31)23(37-24-22(35)21(34)20(33)18(13-30)36-24)19(32)16(28-27-15-9-5-2-6-10-15)11-25-26-14-7-3-1-4-8-14/h1-11,17-24,26-27,29-35H,12-13H2/b25-11?,28-16+. The molecule has 1 heterocycles. The van der Waals surface area contributed by atoms with Crippen molar-refractivity contribution in [1.82, 2.24) is 0 Å². The SMILES string of the molecule is OCC(O)C(OC1OC(CO)C(O)C(O)C1O)C(O)/C(C=NNc1ccccc1)=N/Nc1ccccc1. The fourth-order valence-electron chi connectivity index (χ4n) is 3.48. The van der Waals surface area contributed by atoms with Gasteiger partial charge >= 0.3 is 0 Å². The summed E-state index contributed by atoms with van der Waals surface area (Å²) >= 11 is 0. The summed E-state index contributed by atoms with van der Waals surface area (Å²) in [7, 11) is 0. The average molecular weight is 521 g/mol. The lowest BCUT2D eigenvalue weighted by Gasteiger charge is -2.41. The molecule has 202 valence electrons. The second kappa shape index (κ2) is 14.1. The van der Waals surface area contributed by atoms with Crippen molar-refractivity contribution in [2.75, 3.05) is 24.1 Å². The minimum atomic E-state index is -1.80. The third kappa shape index (κ3) is 7.75. The van der Waals surface area contributed by atoms with Crippen LogP contribution in [0.2, 0.25) is 0 Å². The van der Waals surface area contributed by atoms with Crippen molar-refractivity contribution in [3.05, 3.63) is 60.7 Å². The predicted octanol–water partition coefficient (Wildman–Crippen LogP) is -1.55. The van der Waals surface area contributed by atoms with E-state index in [1.165, 1.54) is 6.21 Å². The quantitative estimate of drug-likeness (QED) is 0.116. The van der Waals surface area contributed by atoms with E-state index in [-0.39, 0.29) is 5.71 Å². The van der Waals surface area contributed by atoms with Gasteiger partial charge in [-0.25, -0.2) is 0 Å². The largest absolute Gasteiger partial charge is 0.394 e. The summed E-state index contributed by atoms with van der Waals surface area (Å²) in [6.45, 7) is -1.55. The van der Waals surface area contributed by atoms with Crippen molar-refractivity contribution >= 4 is 23.3 Å². The number of para-hydroxylation sites is 2. The molecule has 0 amide bonds. The zero-order valence-electron chi connectivity index (χ0n) is 19.7. The highest BCUT2D eigenvalue weighted by Gasteiger charge is 2.46. The summed E-state index contributed by atoms with van der Waals surface area (Å²) in [5, 5.41) is 79.1. The molecule has 1 saturated heterocycles. The van der Waals surface area contributed by atoms with Crippen molar-refractivity contribution in [2.24, 2.45) is 10.2 Å². The molecule has 9 N–H and O–H groups in total. The molecule has 1 aliphatic rings. The zero-order valence-corrected chi connectivity index (χ0v) is 19.7. The van der Waals surface area contributed by atoms with E-state index in [0.29, 0.717) is 11.4 Å². The summed E-state index contributed by atoms with van der Waals surface area (Å²) < 4.78 is 10.9. The van der Waals surface area contributed by atoms with Crippen molar-refractivity contribution in [1.29, 1.82) is 0 Å². The van der Waals surface area contributed by atoms with Gasteiger partial charge in [-0.3, -0.25) is 10.9 Å². The molecule has 2 aromatic carbocycles. The third-order valence-electron chi connectivity index (χ3n) is 5.57. The fourth-order valence-corrected chi connectivity index (χ4v) is 3.48. The first kappa shape index (κ1) is 28.6. The Kier molecular flexibility index (Phi) is 10.9. The Morgan fingerprint density at radius 1 is 0.892 bits per heavy atom. The van der Waals surface area contributed by atoms with Gasteiger partial charge in [0.1, 0.15) is 48.4 Å². The Bertz CT molecular complexity index is 996. The molecular formula is C24H32N4O9. The molecule has 8 atom stereocenters. The van der Waals surface area contributed by atoms with Gasteiger partial charge in [-0.15, -0.1) is 0 Å². The number of benzene rings is 2. The van der Waals surface area contributed by atoms with Crippen LogP contribution in [0.3, 0.4) is 0 Å². The molecule has 0 spiro atoms. The molecule has 0 bridgehead atoms. The molecule has 3 rings (SSSR count). The highest BCUT2D eigenvalue weighted by atomic mass is 16.7. The van der Waals surface area contributed by atoms with E-state index in [1.807, 2.05) is 6.07 Å². The molecule has 1 fully saturated rings. The first-order valence-electron chi connectivity index (χ1n) is 11.5. The lowest BCUT2D eigenvalue weighted by atomic mass is 9.98. The van der Waals surface area contributed by atoms with Crippen molar-refractivity contribution < 1.29 is 45.2 Å². The molecule has 0 aromatic heterocycles. The van der Waals surface area contributed by atoms with Gasteiger partial charge in [0.15, 0.2) is 6.29 Å². The molecule has 37 heavy (non-hydrogen) atoms. The van der Waals surface area contributed by atoms with Crippen molar-refractivity contribution in [2.45, 2.75) is 49.0 Å². The number of hydrogen-bond donors (Lipinski definition) is 9. The van der Waals surface area contributed by atoms with Gasteiger partial charge in [-0.05, 0) is 24.3 Å². The van der Waals surface area contributed by atoms with Crippen molar-refractivity contribution in [3.8, 4) is 0 Å². The monoisotopic (exact) mass is 520 g/mol. The Morgan fingerprint density at radius 3 is 2.05 bits per heavy atom. The summed E-state index contributed by atoms with van der Waals surface area (Å²) in [4.78, 5) is 0. The lowest BCUT2D eigenvalue weighted by Crippen LogP contribution is -2.61. The first-order chi connectivity index (χ1) is 17.8. The maximum absolute atomic E-state index is 11.1. The number of hydrazone groups is 2. The van der Waals surface area contributed by atoms with Crippen LogP contribution in [0, 0.1) is 0 Å². The van der Waals surface area contributed by atoms with Crippen LogP contribution in [0.25, 0.3) is 0 Å². The highest BCUT2D eigenvalue weighted by Crippen LogP contribution is 2.24. The maximum Gasteiger partial charge on any atom is 0.187 e. The van der Waals surface area contributed by atoms with E-state index >= 15 is 0 Å². The summed E-state index contributed by atoms with van der Waals surface area (Å²) in [5.74, 6) is 0. The number of nitrogens with zero attached hydrogens (tertiary/aromatic N) is 2. The van der Waals surface area contributed by atoms with E-state index in [1.54, 1.807) is 54.6 Å². The molecule has 0 saturated carbocycles. The van der Waals surface area contributed by atoms with E-state index in [4.69, 9.17) is 9.47 Å². The number of rotatable bonds is 12. The number of nitrogens with one attached hydrogen (secondary N) is 2. The third-order valence-corrected chi connectivity index (χ3v) is 5.57. The Balaban J connectivity index is 1.85. The molecule has 1 aliphatic heterocycles. The average Bonchev–Trinajstić information content (AvgIpc) is 2.93. The number of aliphatic hydroxyl groups is 7. The maximum atomic E-state index is 11.1. The molecule has 0 radical (unpaired) electrons. The minimum Gasteiger partial charge on any atom is -0.394 e. The van der Waals surface area contributed by atoms with Crippen LogP contribution >= 0.6 is 0 Å². The molecule has 8 unspecified atom stereocenters. The van der Waals surface area contributed by atoms with E-state index in [2.05, 4.69) is 21.1 Å². The van der Waals surface area contributed by atoms with Crippen molar-refractivity contribution in [3.63, 3.8) is 0 Å². The van der Waals surface area contributed by atoms with Gasteiger partial charge in [-0.2, -0.15) is 10.2 Å². The van der Waals surface area contributed by atoms with E-state index in [0.717, 1.165) is 0 Å². The van der Waals surface area contributed by atoms with Crippen LogP contribution in [0.5, 0.6) is 0 Å². The van der Waals surface area contributed by atoms with Crippen LogP contribution in [-0.4, -0.2) is 110 Å². The minimum absolute atomic E-state index is 0.144. The summed E-state index contributed by atoms with van der Waals surface area (Å²) in [6.07, 6.45) is -12.1. The Hall–Kier alpha value is -2.98. The highest BCUT2D eigenvalue weighted by molar-refractivity contribution is 6.33. The number of aliphatic hydroxyl groups excluding tert-OH is 7. The van der Waals surface area contributed by atoms with Crippen LogP contribution in [0.1, 0.15) is 0 Å². The number of ether oxygens (including phenoxy) is 2. The molecule has 2 aromatic rings. The number of hydrogen-bond acceptors (Lipinski definition) is 13. The van der Waals surface area contributed by atoms with Crippen LogP contribution in [0.4, 0.5) is 11.4 Å². The first-order valence-corrected chi connectivity index (χ1v) is 11.5. The smallest absolute Gasteiger partial charge is 0.187 e. The van der Waals surface area contributed by atoms with Gasteiger partial charge in [0.2, 0.25) is 0 Å². The van der Waals surface area contributed by atoms with E-state index < -0.39 is 62.2 Å². The van der Waals surface area contributed by atoms with Crippen LogP contribution in [0.15, 0.2) is 70.9 Å². The summed E-state index contributed by atoms with van der Waals surface area (Å²) in [5.41, 5.74) is 6.59. The lowest BCUT2D eigenvalue weighted by molar-refractivity contribution is -0.322. The second-order valence-electron chi connectivity index (χ2n) is 8.24. The molecule has 13 heteroatoms. The normalized spacial score (nSPS) is 27.0. The molecule has 0 aliphatic carbocycles. The fraction of sp³-hybridized carbons (Fsp3) is 0.417. The number of anilines is 2. The van der Waals surface area contributed by atoms with Crippen LogP contribution < -0.4 is 10.9 Å². The van der Waals surface area contributed by atoms with Gasteiger partial charge < -0.3 is 45.2 Å². The Morgan fingerprint density at radius 2 is 1.49 bits per heavy atom. The van der Waals surface area contributed by atoms with E-state index in [9.17, 15) is 35.7 Å². The summed E-state index contributed by atoms with van der Waals surface area (Å²) in [6, 6.07) is 17.7. The van der Waals surface area contributed by atoms with Gasteiger partial charge in [0.05, 0.1) is 30.8 Å².